The Morgan fingerprint density at radius 3 is 2.54 bits per heavy atom. The van der Waals surface area contributed by atoms with Crippen molar-refractivity contribution in [2.75, 3.05) is 39.0 Å². The Hall–Kier alpha value is -2.51. The summed E-state index contributed by atoms with van der Waals surface area (Å²) >= 11 is 1.37. The summed E-state index contributed by atoms with van der Waals surface area (Å²) < 4.78 is 0. The molecule has 0 spiro atoms. The molecule has 1 aromatic carbocycles. The molecule has 0 radical (unpaired) electrons. The Balaban J connectivity index is 2.00. The van der Waals surface area contributed by atoms with Crippen molar-refractivity contribution in [1.82, 2.24) is 14.8 Å². The van der Waals surface area contributed by atoms with Gasteiger partial charge >= 0.3 is 0 Å². The SMILES string of the molecule is Cc1csc(NC(=O)CN(CCN(C)C)C(=O)/C=C/c2ccccc2)n1. The molecule has 2 amide bonds. The number of nitrogens with one attached hydrogen (secondary N) is 1. The van der Waals surface area contributed by atoms with Crippen molar-refractivity contribution in [3.05, 3.63) is 53.0 Å². The van der Waals surface area contributed by atoms with E-state index in [1.807, 2.05) is 61.6 Å². The summed E-state index contributed by atoms with van der Waals surface area (Å²) in [7, 11) is 3.86. The van der Waals surface area contributed by atoms with Crippen LogP contribution >= 0.6 is 11.3 Å². The van der Waals surface area contributed by atoms with Gasteiger partial charge in [-0.15, -0.1) is 11.3 Å². The standard InChI is InChI=1S/C19H24N4O2S/c1-15-14-26-19(20-15)21-17(24)13-23(12-11-22(2)3)18(25)10-9-16-7-5-4-6-8-16/h4-10,14H,11-13H2,1-3H3,(H,20,21,24)/b10-9+. The molecule has 0 atom stereocenters. The minimum Gasteiger partial charge on any atom is -0.329 e. The molecule has 0 aliphatic heterocycles. The molecule has 7 heteroatoms. The lowest BCUT2D eigenvalue weighted by molar-refractivity contribution is -0.130. The number of carbonyl (C=O) groups is 2. The lowest BCUT2D eigenvalue weighted by atomic mass is 10.2. The summed E-state index contributed by atoms with van der Waals surface area (Å²) in [4.78, 5) is 32.6. The summed E-state index contributed by atoms with van der Waals surface area (Å²) in [5.41, 5.74) is 1.80. The van der Waals surface area contributed by atoms with Gasteiger partial charge in [-0.3, -0.25) is 9.59 Å². The number of likely N-dealkylation sites (N-methyl/N-ethyl adjacent to an activating group) is 1. The van der Waals surface area contributed by atoms with E-state index in [9.17, 15) is 9.59 Å². The predicted molar refractivity (Wildman–Crippen MR) is 106 cm³/mol. The van der Waals surface area contributed by atoms with Crippen molar-refractivity contribution >= 4 is 34.4 Å². The number of aryl methyl sites for hydroxylation is 1. The Morgan fingerprint density at radius 2 is 1.92 bits per heavy atom. The number of amides is 2. The first-order chi connectivity index (χ1) is 12.4. The minimum absolute atomic E-state index is 0.00949. The van der Waals surface area contributed by atoms with E-state index in [-0.39, 0.29) is 18.4 Å². The van der Waals surface area contributed by atoms with Gasteiger partial charge in [0.05, 0.1) is 5.69 Å². The van der Waals surface area contributed by atoms with Crippen LogP contribution in [0, 0.1) is 6.92 Å². The van der Waals surface area contributed by atoms with Crippen LogP contribution in [0.25, 0.3) is 6.08 Å². The molecule has 0 saturated carbocycles. The van der Waals surface area contributed by atoms with Gasteiger partial charge in [0.15, 0.2) is 5.13 Å². The highest BCUT2D eigenvalue weighted by Gasteiger charge is 2.16. The van der Waals surface area contributed by atoms with Crippen LogP contribution < -0.4 is 5.32 Å². The number of benzene rings is 1. The number of hydrogen-bond donors (Lipinski definition) is 1. The van der Waals surface area contributed by atoms with Gasteiger partial charge in [0, 0.05) is 24.5 Å². The maximum absolute atomic E-state index is 12.5. The summed E-state index contributed by atoms with van der Waals surface area (Å²) in [6.07, 6.45) is 3.26. The van der Waals surface area contributed by atoms with Crippen LogP contribution in [0.5, 0.6) is 0 Å². The second-order valence-corrected chi connectivity index (χ2v) is 7.01. The monoisotopic (exact) mass is 372 g/mol. The average Bonchev–Trinajstić information content (AvgIpc) is 3.01. The lowest BCUT2D eigenvalue weighted by Crippen LogP contribution is -2.40. The molecule has 6 nitrogen and oxygen atoms in total. The number of rotatable bonds is 8. The Morgan fingerprint density at radius 1 is 1.19 bits per heavy atom. The molecular weight excluding hydrogens is 348 g/mol. The van der Waals surface area contributed by atoms with Gasteiger partial charge in [0.1, 0.15) is 6.54 Å². The van der Waals surface area contributed by atoms with Crippen LogP contribution in [-0.2, 0) is 9.59 Å². The van der Waals surface area contributed by atoms with Gasteiger partial charge in [0.25, 0.3) is 0 Å². The van der Waals surface area contributed by atoms with Gasteiger partial charge in [-0.2, -0.15) is 0 Å². The second kappa shape index (κ2) is 9.84. The quantitative estimate of drug-likeness (QED) is 0.723. The van der Waals surface area contributed by atoms with E-state index >= 15 is 0 Å². The van der Waals surface area contributed by atoms with Crippen LogP contribution in [-0.4, -0.2) is 60.3 Å². The van der Waals surface area contributed by atoms with E-state index in [2.05, 4.69) is 10.3 Å². The fourth-order valence-electron chi connectivity index (χ4n) is 2.17. The molecule has 0 unspecified atom stereocenters. The van der Waals surface area contributed by atoms with Crippen molar-refractivity contribution < 1.29 is 9.59 Å². The van der Waals surface area contributed by atoms with Gasteiger partial charge in [-0.25, -0.2) is 4.98 Å². The minimum atomic E-state index is -0.250. The molecule has 0 saturated heterocycles. The summed E-state index contributed by atoms with van der Waals surface area (Å²) in [6, 6.07) is 9.60. The number of thiazole rings is 1. The van der Waals surface area contributed by atoms with Crippen molar-refractivity contribution in [2.45, 2.75) is 6.92 Å². The van der Waals surface area contributed by atoms with E-state index in [0.717, 1.165) is 11.3 Å². The summed E-state index contributed by atoms with van der Waals surface area (Å²) in [5, 5.41) is 5.16. The third-order valence-corrected chi connectivity index (χ3v) is 4.42. The predicted octanol–water partition coefficient (Wildman–Crippen LogP) is 2.49. The third-order valence-electron chi connectivity index (χ3n) is 3.55. The Labute approximate surface area is 158 Å². The Kier molecular flexibility index (Phi) is 7.50. The van der Waals surface area contributed by atoms with Crippen LogP contribution in [0.4, 0.5) is 5.13 Å². The van der Waals surface area contributed by atoms with E-state index in [0.29, 0.717) is 18.2 Å². The van der Waals surface area contributed by atoms with Crippen molar-refractivity contribution in [1.29, 1.82) is 0 Å². The smallest absolute Gasteiger partial charge is 0.247 e. The maximum Gasteiger partial charge on any atom is 0.247 e. The molecule has 1 aromatic heterocycles. The zero-order chi connectivity index (χ0) is 18.9. The van der Waals surface area contributed by atoms with E-state index < -0.39 is 0 Å². The van der Waals surface area contributed by atoms with Crippen molar-refractivity contribution in [3.8, 4) is 0 Å². The lowest BCUT2D eigenvalue weighted by Gasteiger charge is -2.22. The van der Waals surface area contributed by atoms with Crippen molar-refractivity contribution in [3.63, 3.8) is 0 Å². The second-order valence-electron chi connectivity index (χ2n) is 6.15. The number of hydrogen-bond acceptors (Lipinski definition) is 5. The molecule has 0 fully saturated rings. The normalized spacial score (nSPS) is 11.1. The first-order valence-electron chi connectivity index (χ1n) is 8.33. The van der Waals surface area contributed by atoms with Gasteiger partial charge in [-0.1, -0.05) is 30.3 Å². The van der Waals surface area contributed by atoms with Crippen LogP contribution in [0.15, 0.2) is 41.8 Å². The Bertz CT molecular complexity index is 756. The van der Waals surface area contributed by atoms with Gasteiger partial charge in [-0.05, 0) is 32.7 Å². The molecule has 1 heterocycles. The van der Waals surface area contributed by atoms with Gasteiger partial charge in [0.2, 0.25) is 11.8 Å². The van der Waals surface area contributed by atoms with Crippen molar-refractivity contribution in [2.24, 2.45) is 0 Å². The summed E-state index contributed by atoms with van der Waals surface area (Å²) in [6.45, 7) is 3.00. The molecular formula is C19H24N4O2S. The third kappa shape index (κ3) is 6.78. The molecule has 0 aliphatic carbocycles. The summed E-state index contributed by atoms with van der Waals surface area (Å²) in [5.74, 6) is -0.444. The first kappa shape index (κ1) is 19.8. The molecule has 2 aromatic rings. The first-order valence-corrected chi connectivity index (χ1v) is 9.21. The fourth-order valence-corrected chi connectivity index (χ4v) is 2.87. The largest absolute Gasteiger partial charge is 0.329 e. The number of aromatic nitrogens is 1. The zero-order valence-corrected chi connectivity index (χ0v) is 16.1. The zero-order valence-electron chi connectivity index (χ0n) is 15.3. The van der Waals surface area contributed by atoms with E-state index in [1.54, 1.807) is 6.08 Å². The average molecular weight is 372 g/mol. The van der Waals surface area contributed by atoms with E-state index in [4.69, 9.17) is 0 Å². The molecule has 0 aliphatic rings. The number of nitrogens with zero attached hydrogens (tertiary/aromatic N) is 3. The van der Waals surface area contributed by atoms with E-state index in [1.165, 1.54) is 22.3 Å². The molecule has 26 heavy (non-hydrogen) atoms. The van der Waals surface area contributed by atoms with Crippen LogP contribution in [0.3, 0.4) is 0 Å². The fraction of sp³-hybridized carbons (Fsp3) is 0.316. The molecule has 0 bridgehead atoms. The topological polar surface area (TPSA) is 65.5 Å². The number of anilines is 1. The number of carbonyl (C=O) groups excluding carboxylic acids is 2. The maximum atomic E-state index is 12.5. The highest BCUT2D eigenvalue weighted by Crippen LogP contribution is 2.14. The highest BCUT2D eigenvalue weighted by atomic mass is 32.1. The van der Waals surface area contributed by atoms with Crippen LogP contribution in [0.2, 0.25) is 0 Å². The molecule has 2 rings (SSSR count). The van der Waals surface area contributed by atoms with Crippen LogP contribution in [0.1, 0.15) is 11.3 Å². The molecule has 138 valence electrons. The van der Waals surface area contributed by atoms with Gasteiger partial charge < -0.3 is 15.1 Å². The molecule has 1 N–H and O–H groups in total. The highest BCUT2D eigenvalue weighted by molar-refractivity contribution is 7.13.